The van der Waals surface area contributed by atoms with Crippen LogP contribution in [0.15, 0.2) is 20.8 Å². The van der Waals surface area contributed by atoms with E-state index in [0.29, 0.717) is 9.65 Å². The maximum absolute atomic E-state index is 5.56. The first-order valence-electron chi connectivity index (χ1n) is 4.36. The second-order valence-corrected chi connectivity index (χ2v) is 6.88. The Hall–Kier alpha value is 0.320. The van der Waals surface area contributed by atoms with Crippen molar-refractivity contribution in [3.05, 3.63) is 10.8 Å². The van der Waals surface area contributed by atoms with E-state index in [1.807, 2.05) is 11.1 Å². The lowest BCUT2D eigenvalue weighted by atomic mass is 10.5. The Bertz CT molecular complexity index is 400. The van der Waals surface area contributed by atoms with Crippen LogP contribution in [-0.2, 0) is 0 Å². The number of amidine groups is 1. The topological polar surface area (TPSA) is 106 Å². The molecule has 0 saturated heterocycles. The number of nitrogens with two attached hydrogens (primary N) is 3. The van der Waals surface area contributed by atoms with Gasteiger partial charge in [0.2, 0.25) is 0 Å². The summed E-state index contributed by atoms with van der Waals surface area (Å²) in [5.74, 6) is 0.776. The van der Waals surface area contributed by atoms with Crippen LogP contribution in [-0.4, -0.2) is 31.5 Å². The van der Waals surface area contributed by atoms with Gasteiger partial charge in [-0.25, -0.2) is 4.99 Å². The maximum atomic E-state index is 5.56. The molecule has 0 aromatic rings. The molecule has 0 spiro atoms. The number of alkyl halides is 1. The Morgan fingerprint density at radius 3 is 2.88 bits per heavy atom. The smallest absolute Gasteiger partial charge is 0.171 e. The fourth-order valence-electron chi connectivity index (χ4n) is 1.31. The molecule has 0 saturated carbocycles. The third-order valence-electron chi connectivity index (χ3n) is 1.86. The zero-order valence-electron chi connectivity index (χ0n) is 8.10. The third-order valence-corrected chi connectivity index (χ3v) is 4.05. The molecule has 0 amide bonds. The van der Waals surface area contributed by atoms with Crippen LogP contribution < -0.4 is 17.2 Å². The van der Waals surface area contributed by atoms with Gasteiger partial charge in [0.05, 0.1) is 6.54 Å². The Balaban J connectivity index is 2.28. The molecule has 0 aliphatic carbocycles. The zero-order chi connectivity index (χ0) is 11.9. The van der Waals surface area contributed by atoms with Crippen molar-refractivity contribution in [1.82, 2.24) is 4.90 Å². The van der Waals surface area contributed by atoms with Crippen LogP contribution in [0, 0.1) is 0 Å². The molecule has 6 N–H and O–H groups in total. The summed E-state index contributed by atoms with van der Waals surface area (Å²) in [6, 6.07) is 0. The third kappa shape index (κ3) is 2.76. The Labute approximate surface area is 119 Å². The summed E-state index contributed by atoms with van der Waals surface area (Å²) >= 11 is 6.75. The first kappa shape index (κ1) is 12.8. The fourth-order valence-corrected chi connectivity index (χ4v) is 3.19. The monoisotopic (exact) mass is 416 g/mol. The minimum Gasteiger partial charge on any atom is -0.314 e. The largest absolute Gasteiger partial charge is 0.314 e. The number of rotatable bonds is 1. The van der Waals surface area contributed by atoms with E-state index in [0.717, 1.165) is 24.1 Å². The van der Waals surface area contributed by atoms with Crippen molar-refractivity contribution >= 4 is 61.2 Å². The molecule has 0 fully saturated rings. The summed E-state index contributed by atoms with van der Waals surface area (Å²) in [4.78, 5) is 10.7. The second-order valence-electron chi connectivity index (χ2n) is 3.33. The van der Waals surface area contributed by atoms with Gasteiger partial charge in [-0.3, -0.25) is 22.2 Å². The molecular formula is C7H10BrIN6S. The summed E-state index contributed by atoms with van der Waals surface area (Å²) in [6.07, 6.45) is 1.89. The molecule has 1 atom stereocenters. The molecule has 88 valence electrons. The number of hydrogen-bond donors (Lipinski definition) is 3. The number of hydrogen-bond acceptors (Lipinski definition) is 7. The summed E-state index contributed by atoms with van der Waals surface area (Å²) < 4.78 is 0.996. The van der Waals surface area contributed by atoms with Gasteiger partial charge in [0.1, 0.15) is 13.7 Å². The molecule has 2 heterocycles. The highest BCUT2D eigenvalue weighted by Gasteiger charge is 2.33. The average molecular weight is 417 g/mol. The van der Waals surface area contributed by atoms with Crippen LogP contribution in [0.3, 0.4) is 0 Å². The van der Waals surface area contributed by atoms with E-state index in [4.69, 9.17) is 17.2 Å². The highest BCUT2D eigenvalue weighted by Crippen LogP contribution is 2.29. The minimum absolute atomic E-state index is 0.286. The van der Waals surface area contributed by atoms with Gasteiger partial charge in [0.25, 0.3) is 0 Å². The highest BCUT2D eigenvalue weighted by atomic mass is 127. The zero-order valence-corrected chi connectivity index (χ0v) is 12.7. The lowest BCUT2D eigenvalue weighted by Gasteiger charge is -2.26. The molecule has 0 bridgehead atoms. The van der Waals surface area contributed by atoms with Gasteiger partial charge < -0.3 is 4.90 Å². The predicted octanol–water partition coefficient (Wildman–Crippen LogP) is 0.288. The number of nitrogens with zero attached hydrogens (tertiary/aromatic N) is 3. The first-order chi connectivity index (χ1) is 7.37. The minimum atomic E-state index is -1.35. The molecule has 2 aliphatic heterocycles. The van der Waals surface area contributed by atoms with E-state index in [1.165, 1.54) is 0 Å². The number of aliphatic imine (C=N–C) groups is 2. The average Bonchev–Trinajstić information content (AvgIpc) is 2.45. The Morgan fingerprint density at radius 2 is 2.25 bits per heavy atom. The van der Waals surface area contributed by atoms with Gasteiger partial charge in [0.15, 0.2) is 11.0 Å². The van der Waals surface area contributed by atoms with Crippen molar-refractivity contribution in [3.63, 3.8) is 0 Å². The first-order valence-corrected chi connectivity index (χ1v) is 7.21. The summed E-state index contributed by atoms with van der Waals surface area (Å²) in [6.45, 7) is 0.721. The molecule has 2 aliphatic rings. The van der Waals surface area contributed by atoms with E-state index in [1.54, 1.807) is 0 Å². The van der Waals surface area contributed by atoms with Gasteiger partial charge in [-0.1, -0.05) is 22.6 Å². The van der Waals surface area contributed by atoms with Gasteiger partial charge in [0, 0.05) is 6.20 Å². The number of halogens is 2. The summed E-state index contributed by atoms with van der Waals surface area (Å²) in [5, 5.41) is -0.706. The van der Waals surface area contributed by atoms with Crippen LogP contribution in [0.4, 0.5) is 0 Å². The van der Waals surface area contributed by atoms with Crippen molar-refractivity contribution in [1.29, 1.82) is 0 Å². The van der Waals surface area contributed by atoms with Gasteiger partial charge in [-0.2, -0.15) is 0 Å². The normalized spacial score (nSPS) is 24.9. The van der Waals surface area contributed by atoms with Crippen molar-refractivity contribution in [2.75, 3.05) is 6.54 Å². The van der Waals surface area contributed by atoms with Crippen LogP contribution in [0.25, 0.3) is 0 Å². The van der Waals surface area contributed by atoms with Gasteiger partial charge in [-0.15, -0.1) is 0 Å². The molecule has 16 heavy (non-hydrogen) atoms. The van der Waals surface area contributed by atoms with E-state index in [-0.39, 0.29) is 4.05 Å². The maximum Gasteiger partial charge on any atom is 0.171 e. The lowest BCUT2D eigenvalue weighted by molar-refractivity contribution is 0.589. The SMILES string of the molecule is NC(N)(N)SC1=NC(Br)=CN2C1=NCC2I. The number of thioether (sulfide) groups is 1. The molecule has 1 unspecified atom stereocenters. The van der Waals surface area contributed by atoms with E-state index in [9.17, 15) is 0 Å². The molecule has 2 rings (SSSR count). The predicted molar refractivity (Wildman–Crippen MR) is 79.3 cm³/mol. The van der Waals surface area contributed by atoms with Crippen LogP contribution in [0.2, 0.25) is 0 Å². The quantitative estimate of drug-likeness (QED) is 0.246. The molecular weight excluding hydrogens is 407 g/mol. The Kier molecular flexibility index (Phi) is 3.62. The van der Waals surface area contributed by atoms with E-state index >= 15 is 0 Å². The second kappa shape index (κ2) is 4.53. The van der Waals surface area contributed by atoms with Crippen molar-refractivity contribution in [3.8, 4) is 0 Å². The molecule has 9 heteroatoms. The summed E-state index contributed by atoms with van der Waals surface area (Å²) in [7, 11) is 0. The molecule has 6 nitrogen and oxygen atoms in total. The number of fused-ring (bicyclic) bond motifs is 1. The van der Waals surface area contributed by atoms with E-state index < -0.39 is 5.12 Å². The van der Waals surface area contributed by atoms with Gasteiger partial charge >= 0.3 is 0 Å². The fraction of sp³-hybridized carbons (Fsp3) is 0.429. The standard InChI is InChI=1S/C7H10BrIN6S/c8-3-2-15-4(9)1-13-5(15)6(14-3)16-7(10,11)12/h2,4H,1,10-12H2. The van der Waals surface area contributed by atoms with Gasteiger partial charge in [-0.05, 0) is 27.7 Å². The highest BCUT2D eigenvalue weighted by molar-refractivity contribution is 14.1. The molecule has 0 aromatic heterocycles. The lowest BCUT2D eigenvalue weighted by Crippen LogP contribution is -2.56. The van der Waals surface area contributed by atoms with E-state index in [2.05, 4.69) is 48.5 Å². The van der Waals surface area contributed by atoms with Crippen molar-refractivity contribution in [2.45, 2.75) is 9.17 Å². The van der Waals surface area contributed by atoms with Crippen molar-refractivity contribution < 1.29 is 0 Å². The van der Waals surface area contributed by atoms with Crippen LogP contribution >= 0.6 is 50.3 Å². The van der Waals surface area contributed by atoms with Crippen molar-refractivity contribution in [2.24, 2.45) is 27.2 Å². The van der Waals surface area contributed by atoms with Crippen LogP contribution in [0.1, 0.15) is 0 Å². The summed E-state index contributed by atoms with van der Waals surface area (Å²) in [5.41, 5.74) is 16.7. The van der Waals surface area contributed by atoms with Crippen LogP contribution in [0.5, 0.6) is 0 Å². The molecule has 0 aromatic carbocycles. The Morgan fingerprint density at radius 1 is 1.56 bits per heavy atom. The molecule has 0 radical (unpaired) electrons.